The second kappa shape index (κ2) is 8.50. The zero-order chi connectivity index (χ0) is 22.0. The van der Waals surface area contributed by atoms with Gasteiger partial charge in [0.25, 0.3) is 5.91 Å². The number of anilines is 1. The van der Waals surface area contributed by atoms with E-state index in [-0.39, 0.29) is 11.3 Å². The first-order valence-electron chi connectivity index (χ1n) is 8.72. The van der Waals surface area contributed by atoms with Crippen molar-refractivity contribution in [3.8, 4) is 11.5 Å². The third kappa shape index (κ3) is 4.25. The Hall–Kier alpha value is -3.46. The van der Waals surface area contributed by atoms with Crippen LogP contribution in [0.1, 0.15) is 29.8 Å². The molecule has 8 nitrogen and oxygen atoms in total. The van der Waals surface area contributed by atoms with Crippen LogP contribution in [-0.4, -0.2) is 35.8 Å². The van der Waals surface area contributed by atoms with Gasteiger partial charge in [0.1, 0.15) is 0 Å². The fourth-order valence-corrected chi connectivity index (χ4v) is 3.28. The number of benzene rings is 2. The fourth-order valence-electron chi connectivity index (χ4n) is 2.84. The first-order chi connectivity index (χ1) is 14.2. The molecule has 3 rings (SSSR count). The van der Waals surface area contributed by atoms with Gasteiger partial charge in [-0.15, -0.1) is 0 Å². The number of carboxylic acid groups (broad SMARTS) is 1. The standard InChI is InChI=1S/C21H17BrN2O6/c1-11-16(8-14-9-18(29-3)19(10-17(14)22)30-12(2)25)20(26)24(23-11)15-6-4-5-13(7-15)21(27)28/h4-10H,1-3H3,(H,27,28)/b16-8+. The summed E-state index contributed by atoms with van der Waals surface area (Å²) in [5.41, 5.74) is 1.82. The average molecular weight is 473 g/mol. The Kier molecular flexibility index (Phi) is 6.02. The van der Waals surface area contributed by atoms with Crippen molar-refractivity contribution >= 4 is 51.3 Å². The van der Waals surface area contributed by atoms with E-state index in [9.17, 15) is 19.5 Å². The van der Waals surface area contributed by atoms with E-state index >= 15 is 0 Å². The first kappa shape index (κ1) is 21.3. The summed E-state index contributed by atoms with van der Waals surface area (Å²) in [5, 5.41) is 14.6. The average Bonchev–Trinajstić information content (AvgIpc) is 2.97. The van der Waals surface area contributed by atoms with Gasteiger partial charge in [0, 0.05) is 11.4 Å². The smallest absolute Gasteiger partial charge is 0.335 e. The van der Waals surface area contributed by atoms with E-state index < -0.39 is 17.8 Å². The van der Waals surface area contributed by atoms with Gasteiger partial charge in [0.2, 0.25) is 0 Å². The van der Waals surface area contributed by atoms with Crippen molar-refractivity contribution in [2.75, 3.05) is 12.1 Å². The molecular weight excluding hydrogens is 456 g/mol. The summed E-state index contributed by atoms with van der Waals surface area (Å²) in [7, 11) is 1.44. The number of rotatable bonds is 5. The van der Waals surface area contributed by atoms with Gasteiger partial charge in [0.15, 0.2) is 11.5 Å². The Morgan fingerprint density at radius 3 is 2.57 bits per heavy atom. The highest BCUT2D eigenvalue weighted by Crippen LogP contribution is 2.35. The molecule has 0 atom stereocenters. The van der Waals surface area contributed by atoms with Gasteiger partial charge < -0.3 is 14.6 Å². The van der Waals surface area contributed by atoms with Crippen LogP contribution in [0.5, 0.6) is 11.5 Å². The molecule has 0 saturated carbocycles. The Labute approximate surface area is 180 Å². The molecule has 154 valence electrons. The molecule has 0 fully saturated rings. The van der Waals surface area contributed by atoms with Gasteiger partial charge in [-0.1, -0.05) is 22.0 Å². The molecule has 0 aliphatic carbocycles. The highest BCUT2D eigenvalue weighted by atomic mass is 79.9. The van der Waals surface area contributed by atoms with Crippen molar-refractivity contribution in [1.82, 2.24) is 0 Å². The highest BCUT2D eigenvalue weighted by Gasteiger charge is 2.29. The van der Waals surface area contributed by atoms with Crippen LogP contribution < -0.4 is 14.5 Å². The maximum Gasteiger partial charge on any atom is 0.335 e. The summed E-state index contributed by atoms with van der Waals surface area (Å²) < 4.78 is 11.0. The number of carboxylic acids is 1. The molecule has 0 unspecified atom stereocenters. The normalized spacial score (nSPS) is 14.7. The van der Waals surface area contributed by atoms with Gasteiger partial charge in [0.05, 0.1) is 29.6 Å². The van der Waals surface area contributed by atoms with Gasteiger partial charge in [-0.05, 0) is 48.9 Å². The third-order valence-corrected chi connectivity index (χ3v) is 4.92. The van der Waals surface area contributed by atoms with Gasteiger partial charge >= 0.3 is 11.9 Å². The number of aromatic carboxylic acids is 1. The first-order valence-corrected chi connectivity index (χ1v) is 9.51. The molecule has 1 N–H and O–H groups in total. The molecule has 9 heteroatoms. The Bertz CT molecular complexity index is 1120. The quantitative estimate of drug-likeness (QED) is 0.402. The maximum atomic E-state index is 13.0. The number of hydrogen-bond acceptors (Lipinski definition) is 6. The lowest BCUT2D eigenvalue weighted by Gasteiger charge is -2.13. The lowest BCUT2D eigenvalue weighted by molar-refractivity contribution is -0.132. The van der Waals surface area contributed by atoms with Gasteiger partial charge in [-0.2, -0.15) is 10.1 Å². The zero-order valence-electron chi connectivity index (χ0n) is 16.3. The van der Waals surface area contributed by atoms with Crippen molar-refractivity contribution in [3.05, 3.63) is 57.6 Å². The van der Waals surface area contributed by atoms with Crippen molar-refractivity contribution in [1.29, 1.82) is 0 Å². The van der Waals surface area contributed by atoms with Crippen LogP contribution in [0, 0.1) is 0 Å². The number of ether oxygens (including phenoxy) is 2. The summed E-state index contributed by atoms with van der Waals surface area (Å²) in [5.74, 6) is -1.41. The van der Waals surface area contributed by atoms with Crippen molar-refractivity contribution in [2.45, 2.75) is 13.8 Å². The predicted octanol–water partition coefficient (Wildman–Crippen LogP) is 3.89. The number of amides is 1. The van der Waals surface area contributed by atoms with Crippen LogP contribution in [0.15, 0.2) is 51.5 Å². The second-order valence-electron chi connectivity index (χ2n) is 6.33. The number of hydrogen-bond donors (Lipinski definition) is 1. The molecule has 0 saturated heterocycles. The van der Waals surface area contributed by atoms with E-state index in [0.717, 1.165) is 5.01 Å². The molecule has 0 spiro atoms. The largest absolute Gasteiger partial charge is 0.493 e. The van der Waals surface area contributed by atoms with Crippen LogP contribution in [0.3, 0.4) is 0 Å². The minimum Gasteiger partial charge on any atom is -0.493 e. The lowest BCUT2D eigenvalue weighted by Crippen LogP contribution is -2.21. The number of halogens is 1. The van der Waals surface area contributed by atoms with E-state index in [1.807, 2.05) is 0 Å². The van der Waals surface area contributed by atoms with E-state index in [2.05, 4.69) is 21.0 Å². The lowest BCUT2D eigenvalue weighted by atomic mass is 10.1. The van der Waals surface area contributed by atoms with Crippen molar-refractivity contribution in [3.63, 3.8) is 0 Å². The van der Waals surface area contributed by atoms with E-state index in [1.54, 1.807) is 37.3 Å². The summed E-state index contributed by atoms with van der Waals surface area (Å²) in [6.07, 6.45) is 1.63. The topological polar surface area (TPSA) is 106 Å². The molecule has 2 aromatic rings. The number of methoxy groups -OCH3 is 1. The summed E-state index contributed by atoms with van der Waals surface area (Å²) in [4.78, 5) is 35.4. The molecule has 2 aromatic carbocycles. The second-order valence-corrected chi connectivity index (χ2v) is 7.19. The zero-order valence-corrected chi connectivity index (χ0v) is 17.9. The van der Waals surface area contributed by atoms with E-state index in [1.165, 1.54) is 26.2 Å². The molecule has 1 amide bonds. The number of nitrogens with zero attached hydrogens (tertiary/aromatic N) is 2. The van der Waals surface area contributed by atoms with Crippen LogP contribution in [0.4, 0.5) is 5.69 Å². The van der Waals surface area contributed by atoms with Crippen LogP contribution >= 0.6 is 15.9 Å². The van der Waals surface area contributed by atoms with Crippen LogP contribution in [0.2, 0.25) is 0 Å². The number of hydrazone groups is 1. The fraction of sp³-hybridized carbons (Fsp3) is 0.143. The Morgan fingerprint density at radius 1 is 1.20 bits per heavy atom. The molecule has 0 radical (unpaired) electrons. The van der Waals surface area contributed by atoms with Crippen molar-refractivity contribution < 1.29 is 29.0 Å². The van der Waals surface area contributed by atoms with E-state index in [0.29, 0.717) is 32.8 Å². The van der Waals surface area contributed by atoms with Crippen molar-refractivity contribution in [2.24, 2.45) is 5.10 Å². The molecule has 0 bridgehead atoms. The summed E-state index contributed by atoms with van der Waals surface area (Å²) >= 11 is 3.41. The molecule has 30 heavy (non-hydrogen) atoms. The highest BCUT2D eigenvalue weighted by molar-refractivity contribution is 9.10. The van der Waals surface area contributed by atoms with E-state index in [4.69, 9.17) is 9.47 Å². The Balaban J connectivity index is 1.98. The Morgan fingerprint density at radius 2 is 1.93 bits per heavy atom. The molecule has 1 aliphatic rings. The molecule has 0 aromatic heterocycles. The van der Waals surface area contributed by atoms with Crippen LogP contribution in [-0.2, 0) is 9.59 Å². The number of carbonyl (C=O) groups excluding carboxylic acids is 2. The maximum absolute atomic E-state index is 13.0. The minimum absolute atomic E-state index is 0.0547. The molecule has 1 aliphatic heterocycles. The number of carbonyl (C=O) groups is 3. The van der Waals surface area contributed by atoms with Gasteiger partial charge in [-0.3, -0.25) is 9.59 Å². The summed E-state index contributed by atoms with van der Waals surface area (Å²) in [6.45, 7) is 2.97. The number of esters is 1. The monoisotopic (exact) mass is 472 g/mol. The minimum atomic E-state index is -1.09. The molecular formula is C21H17BrN2O6. The third-order valence-electron chi connectivity index (χ3n) is 4.24. The van der Waals surface area contributed by atoms with Crippen LogP contribution in [0.25, 0.3) is 6.08 Å². The summed E-state index contributed by atoms with van der Waals surface area (Å²) in [6, 6.07) is 9.18. The molecule has 1 heterocycles. The SMILES string of the molecule is COc1cc(/C=C2/C(=O)N(c3cccc(C(=O)O)c3)N=C2C)c(Br)cc1OC(C)=O. The van der Waals surface area contributed by atoms with Gasteiger partial charge in [-0.25, -0.2) is 4.79 Å². The predicted molar refractivity (Wildman–Crippen MR) is 114 cm³/mol.